The van der Waals surface area contributed by atoms with Gasteiger partial charge in [-0.25, -0.2) is 0 Å². The van der Waals surface area contributed by atoms with E-state index in [4.69, 9.17) is 4.74 Å². The molecule has 0 atom stereocenters. The molecular weight excluding hydrogens is 318 g/mol. The molecule has 0 unspecified atom stereocenters. The van der Waals surface area contributed by atoms with Crippen molar-refractivity contribution in [3.8, 4) is 5.75 Å². The number of benzene rings is 4. The van der Waals surface area contributed by atoms with Crippen molar-refractivity contribution >= 4 is 22.7 Å². The summed E-state index contributed by atoms with van der Waals surface area (Å²) in [6, 6.07) is 32.6. The third kappa shape index (κ3) is 3.81. The van der Waals surface area contributed by atoms with Gasteiger partial charge in [-0.1, -0.05) is 78.9 Å². The van der Waals surface area contributed by atoms with Crippen molar-refractivity contribution in [2.24, 2.45) is 4.99 Å². The van der Waals surface area contributed by atoms with Gasteiger partial charge in [0.15, 0.2) is 0 Å². The van der Waals surface area contributed by atoms with Crippen LogP contribution in [0.4, 0.5) is 5.69 Å². The second kappa shape index (κ2) is 7.66. The van der Waals surface area contributed by atoms with Crippen LogP contribution in [0.1, 0.15) is 11.1 Å². The van der Waals surface area contributed by atoms with E-state index in [-0.39, 0.29) is 0 Å². The Bertz CT molecular complexity index is 1030. The molecular formula is C24H19NO. The number of fused-ring (bicyclic) bond motifs is 1. The van der Waals surface area contributed by atoms with E-state index >= 15 is 0 Å². The second-order valence-corrected chi connectivity index (χ2v) is 6.10. The van der Waals surface area contributed by atoms with Gasteiger partial charge in [0.05, 0.1) is 5.69 Å². The van der Waals surface area contributed by atoms with Crippen molar-refractivity contribution in [3.05, 3.63) is 108 Å². The summed E-state index contributed by atoms with van der Waals surface area (Å²) >= 11 is 0. The summed E-state index contributed by atoms with van der Waals surface area (Å²) in [6.07, 6.45) is 1.89. The lowest BCUT2D eigenvalue weighted by atomic mass is 10.1. The molecule has 0 aromatic heterocycles. The van der Waals surface area contributed by atoms with Crippen molar-refractivity contribution in [2.75, 3.05) is 0 Å². The lowest BCUT2D eigenvalue weighted by Gasteiger charge is -2.07. The van der Waals surface area contributed by atoms with Crippen molar-refractivity contribution < 1.29 is 4.74 Å². The number of ether oxygens (including phenoxy) is 1. The number of hydrogen-bond acceptors (Lipinski definition) is 2. The Kier molecular flexibility index (Phi) is 4.74. The van der Waals surface area contributed by atoms with Crippen LogP contribution in [0.25, 0.3) is 10.8 Å². The summed E-state index contributed by atoms with van der Waals surface area (Å²) in [7, 11) is 0. The average molecular weight is 337 g/mol. The molecule has 0 aliphatic heterocycles. The molecule has 4 aromatic carbocycles. The molecule has 0 radical (unpaired) electrons. The first-order valence-corrected chi connectivity index (χ1v) is 8.67. The highest BCUT2D eigenvalue weighted by molar-refractivity contribution is 5.95. The Morgan fingerprint density at radius 1 is 0.731 bits per heavy atom. The van der Waals surface area contributed by atoms with Gasteiger partial charge < -0.3 is 4.74 Å². The van der Waals surface area contributed by atoms with E-state index < -0.39 is 0 Å². The van der Waals surface area contributed by atoms with Crippen LogP contribution in [-0.4, -0.2) is 6.21 Å². The number of hydrogen-bond donors (Lipinski definition) is 0. The van der Waals surface area contributed by atoms with E-state index in [1.165, 1.54) is 5.39 Å². The Morgan fingerprint density at radius 2 is 1.50 bits per heavy atom. The normalized spacial score (nSPS) is 11.1. The zero-order valence-electron chi connectivity index (χ0n) is 14.4. The number of aliphatic imine (C=N–C) groups is 1. The summed E-state index contributed by atoms with van der Waals surface area (Å²) in [5, 5.41) is 2.35. The fourth-order valence-electron chi connectivity index (χ4n) is 2.89. The lowest BCUT2D eigenvalue weighted by Crippen LogP contribution is -1.95. The van der Waals surface area contributed by atoms with Crippen molar-refractivity contribution in [2.45, 2.75) is 6.61 Å². The van der Waals surface area contributed by atoms with Gasteiger partial charge in [-0.2, -0.15) is 0 Å². The molecule has 0 aliphatic carbocycles. The molecule has 2 nitrogen and oxygen atoms in total. The Balaban J connectivity index is 1.52. The SMILES string of the molecule is C(=Nc1cccc2ccccc12)c1cccc(OCc2ccccc2)c1. The fourth-order valence-corrected chi connectivity index (χ4v) is 2.89. The zero-order chi connectivity index (χ0) is 17.6. The molecule has 26 heavy (non-hydrogen) atoms. The molecule has 2 heteroatoms. The molecule has 126 valence electrons. The topological polar surface area (TPSA) is 21.6 Å². The van der Waals surface area contributed by atoms with Gasteiger partial charge in [-0.3, -0.25) is 4.99 Å². The second-order valence-electron chi connectivity index (χ2n) is 6.10. The van der Waals surface area contributed by atoms with E-state index in [0.29, 0.717) is 6.61 Å². The molecule has 0 saturated carbocycles. The smallest absolute Gasteiger partial charge is 0.120 e. The molecule has 0 N–H and O–H groups in total. The minimum absolute atomic E-state index is 0.560. The highest BCUT2D eigenvalue weighted by Crippen LogP contribution is 2.25. The van der Waals surface area contributed by atoms with Crippen LogP contribution in [-0.2, 0) is 6.61 Å². The number of nitrogens with zero attached hydrogens (tertiary/aromatic N) is 1. The van der Waals surface area contributed by atoms with Crippen LogP contribution < -0.4 is 4.74 Å². The highest BCUT2D eigenvalue weighted by atomic mass is 16.5. The first-order chi connectivity index (χ1) is 12.9. The molecule has 0 saturated heterocycles. The van der Waals surface area contributed by atoms with E-state index in [2.05, 4.69) is 35.3 Å². The predicted molar refractivity (Wildman–Crippen MR) is 108 cm³/mol. The van der Waals surface area contributed by atoms with E-state index in [0.717, 1.165) is 28.0 Å². The molecule has 4 rings (SSSR count). The molecule has 0 amide bonds. The maximum atomic E-state index is 5.89. The predicted octanol–water partition coefficient (Wildman–Crippen LogP) is 6.17. The molecule has 0 spiro atoms. The first-order valence-electron chi connectivity index (χ1n) is 8.67. The number of rotatable bonds is 5. The van der Waals surface area contributed by atoms with Gasteiger partial charge in [-0.05, 0) is 34.7 Å². The van der Waals surface area contributed by atoms with Gasteiger partial charge in [0.25, 0.3) is 0 Å². The van der Waals surface area contributed by atoms with Gasteiger partial charge in [0.2, 0.25) is 0 Å². The third-order valence-electron chi connectivity index (χ3n) is 4.23. The monoisotopic (exact) mass is 337 g/mol. The van der Waals surface area contributed by atoms with E-state index in [1.54, 1.807) is 0 Å². The van der Waals surface area contributed by atoms with E-state index in [9.17, 15) is 0 Å². The van der Waals surface area contributed by atoms with Crippen molar-refractivity contribution in [1.82, 2.24) is 0 Å². The van der Waals surface area contributed by atoms with Gasteiger partial charge in [-0.15, -0.1) is 0 Å². The van der Waals surface area contributed by atoms with Crippen molar-refractivity contribution in [3.63, 3.8) is 0 Å². The molecule has 0 heterocycles. The molecule has 4 aromatic rings. The van der Waals surface area contributed by atoms with Gasteiger partial charge in [0.1, 0.15) is 12.4 Å². The standard InChI is InChI=1S/C24H19NO/c1-2-8-19(9-3-1)18-26-22-13-6-10-20(16-22)17-25-24-15-7-12-21-11-4-5-14-23(21)24/h1-17H,18H2. The average Bonchev–Trinajstić information content (AvgIpc) is 2.72. The summed E-state index contributed by atoms with van der Waals surface area (Å²) in [5.41, 5.74) is 3.14. The third-order valence-corrected chi connectivity index (χ3v) is 4.23. The Hall–Kier alpha value is -3.39. The molecule has 0 bridgehead atoms. The van der Waals surface area contributed by atoms with Gasteiger partial charge in [0, 0.05) is 11.6 Å². The van der Waals surface area contributed by atoms with Crippen LogP contribution in [0, 0.1) is 0 Å². The van der Waals surface area contributed by atoms with Crippen LogP contribution in [0.15, 0.2) is 102 Å². The fraction of sp³-hybridized carbons (Fsp3) is 0.0417. The first kappa shape index (κ1) is 16.1. The molecule has 0 fully saturated rings. The van der Waals surface area contributed by atoms with Crippen LogP contribution in [0.2, 0.25) is 0 Å². The zero-order valence-corrected chi connectivity index (χ0v) is 14.4. The Labute approximate surface area is 153 Å². The van der Waals surface area contributed by atoms with E-state index in [1.807, 2.05) is 72.9 Å². The summed E-state index contributed by atoms with van der Waals surface area (Å²) in [6.45, 7) is 0.560. The minimum Gasteiger partial charge on any atom is -0.489 e. The van der Waals surface area contributed by atoms with Crippen LogP contribution in [0.5, 0.6) is 5.75 Å². The quantitative estimate of drug-likeness (QED) is 0.399. The van der Waals surface area contributed by atoms with Gasteiger partial charge >= 0.3 is 0 Å². The maximum Gasteiger partial charge on any atom is 0.120 e. The largest absolute Gasteiger partial charge is 0.489 e. The molecule has 0 aliphatic rings. The summed E-state index contributed by atoms with van der Waals surface area (Å²) in [5.74, 6) is 0.843. The van der Waals surface area contributed by atoms with Crippen molar-refractivity contribution in [1.29, 1.82) is 0 Å². The maximum absolute atomic E-state index is 5.89. The lowest BCUT2D eigenvalue weighted by molar-refractivity contribution is 0.306. The van der Waals surface area contributed by atoms with Crippen LogP contribution in [0.3, 0.4) is 0 Å². The minimum atomic E-state index is 0.560. The summed E-state index contributed by atoms with van der Waals surface area (Å²) < 4.78 is 5.89. The van der Waals surface area contributed by atoms with Crippen LogP contribution >= 0.6 is 0 Å². The Morgan fingerprint density at radius 3 is 2.42 bits per heavy atom. The summed E-state index contributed by atoms with van der Waals surface area (Å²) in [4.78, 5) is 4.68. The highest BCUT2D eigenvalue weighted by Gasteiger charge is 1.99.